The molecule has 1 aromatic rings. The van der Waals surface area contributed by atoms with Gasteiger partial charge in [0.1, 0.15) is 54.7 Å². The smallest absolute Gasteiger partial charge is 0.407 e. The maximum atomic E-state index is 14.1. The molecule has 0 saturated carbocycles. The van der Waals surface area contributed by atoms with Crippen LogP contribution in [0, 0.1) is 11.8 Å². The van der Waals surface area contributed by atoms with Gasteiger partial charge in [0.05, 0.1) is 5.92 Å². The molecule has 0 aromatic heterocycles. The Labute approximate surface area is 286 Å². The van der Waals surface area contributed by atoms with Gasteiger partial charge in [0.15, 0.2) is 24.2 Å². The van der Waals surface area contributed by atoms with Crippen LogP contribution in [0.3, 0.4) is 0 Å². The lowest BCUT2D eigenvalue weighted by molar-refractivity contribution is -0.224. The maximum absolute atomic E-state index is 14.1. The molecule has 15 heteroatoms. The summed E-state index contributed by atoms with van der Waals surface area (Å²) in [5.74, 6) is -5.05. The van der Waals surface area contributed by atoms with E-state index in [2.05, 4.69) is 10.6 Å². The zero-order valence-corrected chi connectivity index (χ0v) is 29.6. The minimum atomic E-state index is -1.03. The Morgan fingerprint density at radius 2 is 1.29 bits per heavy atom. The van der Waals surface area contributed by atoms with E-state index in [1.807, 2.05) is 30.3 Å². The van der Waals surface area contributed by atoms with Crippen molar-refractivity contribution in [2.75, 3.05) is 27.3 Å². The first-order chi connectivity index (χ1) is 23.0. The van der Waals surface area contributed by atoms with Crippen molar-refractivity contribution >= 4 is 18.0 Å². The Kier molecular flexibility index (Phi) is 11.3. The van der Waals surface area contributed by atoms with Crippen molar-refractivity contribution in [3.8, 4) is 0 Å². The maximum Gasteiger partial charge on any atom is 0.407 e. The van der Waals surface area contributed by atoms with Crippen LogP contribution in [0.1, 0.15) is 54.0 Å². The minimum absolute atomic E-state index is 0.00830. The molecule has 49 heavy (non-hydrogen) atoms. The van der Waals surface area contributed by atoms with Crippen LogP contribution in [-0.4, -0.2) is 112 Å². The summed E-state index contributed by atoms with van der Waals surface area (Å²) >= 11 is 0. The Morgan fingerprint density at radius 3 is 1.80 bits per heavy atom. The fraction of sp³-hybridized carbons (Fsp3) is 0.735. The van der Waals surface area contributed by atoms with Gasteiger partial charge < -0.3 is 58.0 Å². The van der Waals surface area contributed by atoms with E-state index in [-0.39, 0.29) is 19.7 Å². The number of ether oxygens (including phenoxy) is 10. The average molecular weight is 695 g/mol. The molecular formula is C34H50N2O13. The quantitative estimate of drug-likeness (QED) is 0.307. The van der Waals surface area contributed by atoms with Crippen molar-refractivity contribution in [3.05, 3.63) is 35.9 Å². The van der Waals surface area contributed by atoms with E-state index in [1.54, 1.807) is 48.5 Å². The monoisotopic (exact) mass is 694 g/mol. The summed E-state index contributed by atoms with van der Waals surface area (Å²) in [4.78, 5) is 40.5. The van der Waals surface area contributed by atoms with Gasteiger partial charge in [-0.25, -0.2) is 4.79 Å². The third kappa shape index (κ3) is 8.89. The molecule has 1 aromatic carbocycles. The number of nitrogens with one attached hydrogen (secondary N) is 2. The second kappa shape index (κ2) is 14.8. The van der Waals surface area contributed by atoms with Crippen molar-refractivity contribution in [2.24, 2.45) is 11.8 Å². The van der Waals surface area contributed by atoms with E-state index in [1.165, 1.54) is 14.2 Å². The number of hydrogen-bond donors (Lipinski definition) is 2. The molecule has 15 nitrogen and oxygen atoms in total. The van der Waals surface area contributed by atoms with Gasteiger partial charge >= 0.3 is 12.1 Å². The molecule has 10 atom stereocenters. The molecule has 0 spiro atoms. The second-order valence-corrected chi connectivity index (χ2v) is 14.5. The van der Waals surface area contributed by atoms with Crippen LogP contribution < -0.4 is 10.6 Å². The van der Waals surface area contributed by atoms with Crippen LogP contribution in [0.15, 0.2) is 30.3 Å². The number of methoxy groups -OCH3 is 2. The third-order valence-electron chi connectivity index (χ3n) is 8.62. The van der Waals surface area contributed by atoms with Gasteiger partial charge in [0.2, 0.25) is 5.91 Å². The molecule has 4 aliphatic heterocycles. The Bertz CT molecular complexity index is 1320. The number of rotatable bonds is 12. The lowest BCUT2D eigenvalue weighted by Crippen LogP contribution is -2.53. The number of amides is 2. The highest BCUT2D eigenvalue weighted by Crippen LogP contribution is 2.42. The third-order valence-corrected chi connectivity index (χ3v) is 8.62. The number of carbonyl (C=O) groups excluding carboxylic acids is 3. The number of esters is 1. The molecular weight excluding hydrogens is 644 g/mol. The Hall–Kier alpha value is -2.89. The molecule has 0 bridgehead atoms. The average Bonchev–Trinajstić information content (AvgIpc) is 3.69. The van der Waals surface area contributed by atoms with Gasteiger partial charge in [-0.3, -0.25) is 9.59 Å². The molecule has 2 N–H and O–H groups in total. The molecule has 0 radical (unpaired) electrons. The van der Waals surface area contributed by atoms with Crippen molar-refractivity contribution in [3.63, 3.8) is 0 Å². The van der Waals surface area contributed by atoms with Gasteiger partial charge in [-0.15, -0.1) is 0 Å². The largest absolute Gasteiger partial charge is 0.460 e. The van der Waals surface area contributed by atoms with Crippen LogP contribution in [0.25, 0.3) is 0 Å². The van der Waals surface area contributed by atoms with E-state index >= 15 is 0 Å². The first-order valence-corrected chi connectivity index (χ1v) is 16.5. The summed E-state index contributed by atoms with van der Waals surface area (Å²) in [5, 5.41) is 5.54. The zero-order valence-electron chi connectivity index (χ0n) is 29.6. The van der Waals surface area contributed by atoms with Crippen molar-refractivity contribution < 1.29 is 61.8 Å². The standard InChI is InChI=1S/C34H50N2O13/c1-32(2,3)49-31(39)36-15-19(21-23(40-8)25-29(43-21)47-33(4,5)45-25)27(37)35-16-20(28(38)42-17-18-13-11-10-12-14-18)22-24(41-9)26-30(44-22)48-34(6,7)46-26/h10-14,19-26,29-30H,15-17H2,1-9H3,(H,35,37)(H,36,39)/t19-,20+,21-,22-,23+,24+,25-,26-,29-,30-/m1/s1. The van der Waals surface area contributed by atoms with E-state index in [0.717, 1.165) is 5.56 Å². The Balaban J connectivity index is 1.35. The fourth-order valence-electron chi connectivity index (χ4n) is 6.57. The summed E-state index contributed by atoms with van der Waals surface area (Å²) in [7, 11) is 2.98. The molecule has 0 unspecified atom stereocenters. The van der Waals surface area contributed by atoms with Gasteiger partial charge in [-0.05, 0) is 54.0 Å². The summed E-state index contributed by atoms with van der Waals surface area (Å²) in [5.41, 5.74) is 0.0216. The Morgan fingerprint density at radius 1 is 0.776 bits per heavy atom. The van der Waals surface area contributed by atoms with E-state index < -0.39 is 96.2 Å². The highest BCUT2D eigenvalue weighted by molar-refractivity contribution is 5.81. The van der Waals surface area contributed by atoms with E-state index in [9.17, 15) is 14.4 Å². The highest BCUT2D eigenvalue weighted by Gasteiger charge is 2.59. The second-order valence-electron chi connectivity index (χ2n) is 14.5. The van der Waals surface area contributed by atoms with Gasteiger partial charge in [-0.1, -0.05) is 30.3 Å². The number of hydrogen-bond acceptors (Lipinski definition) is 13. The highest BCUT2D eigenvalue weighted by atomic mass is 16.9. The molecule has 0 aliphatic carbocycles. The lowest BCUT2D eigenvalue weighted by atomic mass is 9.93. The van der Waals surface area contributed by atoms with Crippen LogP contribution >= 0.6 is 0 Å². The van der Waals surface area contributed by atoms with Crippen molar-refractivity contribution in [1.82, 2.24) is 10.6 Å². The molecule has 4 aliphatic rings. The number of benzene rings is 1. The zero-order chi connectivity index (χ0) is 35.7. The molecule has 274 valence electrons. The molecule has 5 rings (SSSR count). The van der Waals surface area contributed by atoms with E-state index in [0.29, 0.717) is 0 Å². The fourth-order valence-corrected chi connectivity index (χ4v) is 6.57. The van der Waals surface area contributed by atoms with Crippen LogP contribution in [0.4, 0.5) is 4.79 Å². The number of carbonyl (C=O) groups is 3. The van der Waals surface area contributed by atoms with Gasteiger partial charge in [0, 0.05) is 27.3 Å². The summed E-state index contributed by atoms with van der Waals surface area (Å²) in [6.45, 7) is 11.8. The molecule has 2 amide bonds. The predicted molar refractivity (Wildman–Crippen MR) is 169 cm³/mol. The lowest BCUT2D eigenvalue weighted by Gasteiger charge is -2.31. The summed E-state index contributed by atoms with van der Waals surface area (Å²) in [6.07, 6.45) is -6.78. The SMILES string of the molecule is CO[C@@H]1[C@H]2OC(C)(C)O[C@H]2O[C@@H]1[C@H](CNC(=O)[C@H](CNC(=O)OC(C)(C)C)[C@H]1O[C@@H]2OC(C)(C)O[C@@H]2[C@H]1OC)C(=O)OCc1ccccc1. The first kappa shape index (κ1) is 37.4. The number of alkyl carbamates (subject to hydrolysis) is 1. The topological polar surface area (TPSA) is 168 Å². The van der Waals surface area contributed by atoms with Crippen LogP contribution in [-0.2, 0) is 63.6 Å². The van der Waals surface area contributed by atoms with Crippen LogP contribution in [0.2, 0.25) is 0 Å². The first-order valence-electron chi connectivity index (χ1n) is 16.5. The minimum Gasteiger partial charge on any atom is -0.460 e. The summed E-state index contributed by atoms with van der Waals surface area (Å²) < 4.78 is 59.0. The van der Waals surface area contributed by atoms with Crippen molar-refractivity contribution in [1.29, 1.82) is 0 Å². The number of fused-ring (bicyclic) bond motifs is 2. The summed E-state index contributed by atoms with van der Waals surface area (Å²) in [6, 6.07) is 9.22. The predicted octanol–water partition coefficient (Wildman–Crippen LogP) is 2.39. The van der Waals surface area contributed by atoms with E-state index in [4.69, 9.17) is 47.4 Å². The molecule has 4 heterocycles. The van der Waals surface area contributed by atoms with Gasteiger partial charge in [0.25, 0.3) is 0 Å². The van der Waals surface area contributed by atoms with Crippen LogP contribution in [0.5, 0.6) is 0 Å². The molecule has 4 saturated heterocycles. The molecule has 4 fully saturated rings. The van der Waals surface area contributed by atoms with Gasteiger partial charge in [-0.2, -0.15) is 0 Å². The van der Waals surface area contributed by atoms with Crippen molar-refractivity contribution in [2.45, 2.75) is 121 Å². The normalized spacial score (nSPS) is 32.5.